The molecule has 0 radical (unpaired) electrons. The molecule has 0 bridgehead atoms. The molecular weight excluding hydrogens is 269 g/mol. The van der Waals surface area contributed by atoms with Crippen LogP contribution < -0.4 is 0 Å². The topological polar surface area (TPSA) is 34.9 Å². The van der Waals surface area contributed by atoms with E-state index in [1.165, 1.54) is 12.1 Å². The summed E-state index contributed by atoms with van der Waals surface area (Å²) in [6, 6.07) is 6.27. The second-order valence-electron chi connectivity index (χ2n) is 3.44. The number of aromatic nitrogens is 2. The molecule has 0 saturated heterocycles. The van der Waals surface area contributed by atoms with E-state index in [2.05, 4.69) is 5.10 Å². The van der Waals surface area contributed by atoms with Crippen LogP contribution in [0.1, 0.15) is 16.1 Å². The molecule has 1 aromatic heterocycles. The summed E-state index contributed by atoms with van der Waals surface area (Å²) >= 11 is 5.85. The van der Waals surface area contributed by atoms with Gasteiger partial charge in [-0.2, -0.15) is 18.3 Å². The van der Waals surface area contributed by atoms with E-state index in [0.717, 1.165) is 10.9 Å². The van der Waals surface area contributed by atoms with Crippen molar-refractivity contribution in [2.45, 2.75) is 6.18 Å². The molecule has 0 aliphatic rings. The first-order valence-electron chi connectivity index (χ1n) is 4.80. The zero-order valence-electron chi connectivity index (χ0n) is 8.78. The molecule has 0 spiro atoms. The molecule has 3 nitrogen and oxygen atoms in total. The highest BCUT2D eigenvalue weighted by atomic mass is 35.5. The van der Waals surface area contributed by atoms with Gasteiger partial charge in [-0.3, -0.25) is 4.79 Å². The molecule has 94 valence electrons. The van der Waals surface area contributed by atoms with E-state index in [0.29, 0.717) is 0 Å². The number of carbonyl (C=O) groups is 1. The number of hydrogen-bond acceptors (Lipinski definition) is 2. The maximum atomic E-state index is 12.6. The second-order valence-corrected chi connectivity index (χ2v) is 3.85. The zero-order chi connectivity index (χ0) is 13.3. The van der Waals surface area contributed by atoms with Crippen LogP contribution in [0.3, 0.4) is 0 Å². The molecule has 0 aliphatic carbocycles. The Morgan fingerprint density at radius 1 is 1.28 bits per heavy atom. The Morgan fingerprint density at radius 2 is 1.94 bits per heavy atom. The Bertz CT molecular complexity index is 592. The summed E-state index contributed by atoms with van der Waals surface area (Å²) in [5.41, 5.74) is -1.47. The lowest BCUT2D eigenvalue weighted by Gasteiger charge is -2.04. The minimum Gasteiger partial charge on any atom is -0.298 e. The summed E-state index contributed by atoms with van der Waals surface area (Å²) in [6.07, 6.45) is -3.57. The van der Waals surface area contributed by atoms with Crippen molar-refractivity contribution in [1.29, 1.82) is 0 Å². The number of alkyl halides is 3. The Morgan fingerprint density at radius 3 is 2.44 bits per heavy atom. The molecule has 0 N–H and O–H groups in total. The fraction of sp³-hybridized carbons (Fsp3) is 0.0909. The maximum absolute atomic E-state index is 12.6. The number of carbonyl (C=O) groups excluding carboxylic acids is 1. The zero-order valence-corrected chi connectivity index (χ0v) is 9.53. The van der Waals surface area contributed by atoms with Crippen LogP contribution in [0.5, 0.6) is 0 Å². The number of aldehydes is 1. The Labute approximate surface area is 105 Å². The molecular formula is C11H6ClF3N2O. The second kappa shape index (κ2) is 4.45. The molecule has 1 aromatic carbocycles. The Balaban J connectivity index is 2.58. The van der Waals surface area contributed by atoms with Gasteiger partial charge in [0.2, 0.25) is 0 Å². The van der Waals surface area contributed by atoms with Crippen LogP contribution in [0, 0.1) is 0 Å². The fourth-order valence-electron chi connectivity index (χ4n) is 1.45. The molecule has 0 amide bonds. The largest absolute Gasteiger partial charge is 0.435 e. The molecule has 7 heteroatoms. The van der Waals surface area contributed by atoms with Gasteiger partial charge in [-0.15, -0.1) is 0 Å². The van der Waals surface area contributed by atoms with E-state index in [1.807, 2.05) is 0 Å². The van der Waals surface area contributed by atoms with E-state index in [9.17, 15) is 18.0 Å². The van der Waals surface area contributed by atoms with Crippen LogP contribution in [-0.4, -0.2) is 16.1 Å². The van der Waals surface area contributed by atoms with E-state index >= 15 is 0 Å². The van der Waals surface area contributed by atoms with Crippen molar-refractivity contribution in [2.75, 3.05) is 0 Å². The smallest absolute Gasteiger partial charge is 0.298 e. The summed E-state index contributed by atoms with van der Waals surface area (Å²) in [7, 11) is 0. The first-order chi connectivity index (χ1) is 8.43. The lowest BCUT2D eigenvalue weighted by Crippen LogP contribution is -2.09. The lowest BCUT2D eigenvalue weighted by atomic mass is 10.2. The highest BCUT2D eigenvalue weighted by Crippen LogP contribution is 2.31. The van der Waals surface area contributed by atoms with Gasteiger partial charge in [-0.05, 0) is 12.1 Å². The normalized spacial score (nSPS) is 11.6. The number of halogens is 4. The van der Waals surface area contributed by atoms with E-state index in [-0.39, 0.29) is 17.0 Å². The average Bonchev–Trinajstić information content (AvgIpc) is 2.73. The molecule has 0 fully saturated rings. The van der Waals surface area contributed by atoms with Crippen LogP contribution in [0.25, 0.3) is 5.69 Å². The highest BCUT2D eigenvalue weighted by molar-refractivity contribution is 6.32. The quantitative estimate of drug-likeness (QED) is 0.787. The summed E-state index contributed by atoms with van der Waals surface area (Å²) < 4.78 is 38.7. The molecule has 1 heterocycles. The predicted octanol–water partition coefficient (Wildman–Crippen LogP) is 3.36. The molecule has 2 rings (SSSR count). The number of benzene rings is 1. The SMILES string of the molecule is O=Cc1cn(-c2ccccc2Cl)nc1C(F)(F)F. The third-order valence-electron chi connectivity index (χ3n) is 2.24. The van der Waals surface area contributed by atoms with E-state index < -0.39 is 17.4 Å². The van der Waals surface area contributed by atoms with Crippen molar-refractivity contribution in [3.8, 4) is 5.69 Å². The molecule has 0 aliphatic heterocycles. The van der Waals surface area contributed by atoms with Crippen molar-refractivity contribution in [1.82, 2.24) is 9.78 Å². The van der Waals surface area contributed by atoms with Crippen molar-refractivity contribution in [2.24, 2.45) is 0 Å². The van der Waals surface area contributed by atoms with Gasteiger partial charge in [0.15, 0.2) is 12.0 Å². The molecule has 0 saturated carbocycles. The van der Waals surface area contributed by atoms with Gasteiger partial charge in [0, 0.05) is 6.20 Å². The van der Waals surface area contributed by atoms with Crippen LogP contribution in [-0.2, 0) is 6.18 Å². The van der Waals surface area contributed by atoms with Crippen molar-refractivity contribution >= 4 is 17.9 Å². The van der Waals surface area contributed by atoms with Crippen molar-refractivity contribution < 1.29 is 18.0 Å². The third-order valence-corrected chi connectivity index (χ3v) is 2.56. The van der Waals surface area contributed by atoms with Crippen LogP contribution in [0.15, 0.2) is 30.5 Å². The first-order valence-corrected chi connectivity index (χ1v) is 5.18. The van der Waals surface area contributed by atoms with E-state index in [4.69, 9.17) is 11.6 Å². The maximum Gasteiger partial charge on any atom is 0.435 e. The van der Waals surface area contributed by atoms with E-state index in [1.54, 1.807) is 12.1 Å². The first kappa shape index (κ1) is 12.6. The number of nitrogens with zero attached hydrogens (tertiary/aromatic N) is 2. The van der Waals surface area contributed by atoms with Gasteiger partial charge < -0.3 is 0 Å². The van der Waals surface area contributed by atoms with Crippen LogP contribution >= 0.6 is 11.6 Å². The summed E-state index contributed by atoms with van der Waals surface area (Å²) in [4.78, 5) is 10.6. The fourth-order valence-corrected chi connectivity index (χ4v) is 1.68. The number of hydrogen-bond donors (Lipinski definition) is 0. The third kappa shape index (κ3) is 2.24. The van der Waals surface area contributed by atoms with Gasteiger partial charge in [-0.1, -0.05) is 23.7 Å². The molecule has 0 unspecified atom stereocenters. The Kier molecular flexibility index (Phi) is 3.13. The lowest BCUT2D eigenvalue weighted by molar-refractivity contribution is -0.141. The van der Waals surface area contributed by atoms with Gasteiger partial charge in [-0.25, -0.2) is 4.68 Å². The summed E-state index contributed by atoms with van der Waals surface area (Å²) in [5, 5.41) is 3.60. The molecule has 0 atom stereocenters. The number of rotatable bonds is 2. The van der Waals surface area contributed by atoms with Crippen LogP contribution in [0.2, 0.25) is 5.02 Å². The minimum atomic E-state index is -4.68. The molecule has 18 heavy (non-hydrogen) atoms. The number of para-hydroxylation sites is 1. The highest BCUT2D eigenvalue weighted by Gasteiger charge is 2.37. The summed E-state index contributed by atoms with van der Waals surface area (Å²) in [5.74, 6) is 0. The van der Waals surface area contributed by atoms with Crippen molar-refractivity contribution in [3.63, 3.8) is 0 Å². The standard InChI is InChI=1S/C11H6ClF3N2O/c12-8-3-1-2-4-9(8)17-5-7(6-18)10(16-17)11(13,14)15/h1-6H. The van der Waals surface area contributed by atoms with Gasteiger partial charge in [0.25, 0.3) is 0 Å². The van der Waals surface area contributed by atoms with Gasteiger partial charge >= 0.3 is 6.18 Å². The average molecular weight is 275 g/mol. The Hall–Kier alpha value is -1.82. The van der Waals surface area contributed by atoms with Crippen molar-refractivity contribution in [3.05, 3.63) is 46.7 Å². The van der Waals surface area contributed by atoms with Gasteiger partial charge in [0.1, 0.15) is 0 Å². The van der Waals surface area contributed by atoms with Gasteiger partial charge in [0.05, 0.1) is 16.3 Å². The monoisotopic (exact) mass is 274 g/mol. The summed E-state index contributed by atoms with van der Waals surface area (Å²) in [6.45, 7) is 0. The molecule has 2 aromatic rings. The minimum absolute atomic E-state index is 0.114. The predicted molar refractivity (Wildman–Crippen MR) is 59.0 cm³/mol. The van der Waals surface area contributed by atoms with Crippen LogP contribution in [0.4, 0.5) is 13.2 Å².